The molecule has 0 radical (unpaired) electrons. The molecule has 1 heterocycles. The second kappa shape index (κ2) is 6.52. The van der Waals surface area contributed by atoms with Crippen LogP contribution in [0, 0.1) is 5.82 Å². The van der Waals surface area contributed by atoms with E-state index in [1.807, 2.05) is 0 Å². The number of fused-ring (bicyclic) bond motifs is 1. The minimum atomic E-state index is -4.84. The molecule has 5 nitrogen and oxygen atoms in total. The average Bonchev–Trinajstić information content (AvgIpc) is 2.59. The average molecular weight is 383 g/mol. The number of hydrogen-bond donors (Lipinski definition) is 1. The number of thioether (sulfide) groups is 1. The molecule has 3 rings (SSSR count). The van der Waals surface area contributed by atoms with Crippen molar-refractivity contribution in [3.63, 3.8) is 0 Å². The Morgan fingerprint density at radius 1 is 1.04 bits per heavy atom. The van der Waals surface area contributed by atoms with Crippen LogP contribution < -0.4 is 5.32 Å². The highest BCUT2D eigenvalue weighted by atomic mass is 32.2. The van der Waals surface area contributed by atoms with E-state index in [9.17, 15) is 27.2 Å². The number of rotatable bonds is 3. The Hall–Kier alpha value is -2.75. The number of ketones is 2. The van der Waals surface area contributed by atoms with Crippen molar-refractivity contribution in [1.82, 2.24) is 9.97 Å². The number of nitrogens with one attached hydrogen (secondary N) is 1. The highest BCUT2D eigenvalue weighted by molar-refractivity contribution is 8.03. The molecule has 10 heteroatoms. The van der Waals surface area contributed by atoms with Crippen molar-refractivity contribution >= 4 is 29.0 Å². The second-order valence-electron chi connectivity index (χ2n) is 5.14. The maximum absolute atomic E-state index is 13.7. The number of alkyl halides is 3. The van der Waals surface area contributed by atoms with Gasteiger partial charge in [-0.25, -0.2) is 14.4 Å². The molecule has 1 aromatic carbocycles. The summed E-state index contributed by atoms with van der Waals surface area (Å²) in [5.41, 5.74) is -2.00. The van der Waals surface area contributed by atoms with Gasteiger partial charge in [-0.1, -0.05) is 0 Å². The van der Waals surface area contributed by atoms with Crippen molar-refractivity contribution in [3.05, 3.63) is 64.0 Å². The Morgan fingerprint density at radius 3 is 2.19 bits per heavy atom. The van der Waals surface area contributed by atoms with Gasteiger partial charge in [-0.2, -0.15) is 13.2 Å². The van der Waals surface area contributed by atoms with Gasteiger partial charge in [-0.15, -0.1) is 11.8 Å². The van der Waals surface area contributed by atoms with Crippen LogP contribution in [0.15, 0.2) is 41.2 Å². The zero-order valence-electron chi connectivity index (χ0n) is 13.0. The highest BCUT2D eigenvalue weighted by Crippen LogP contribution is 2.34. The van der Waals surface area contributed by atoms with Crippen LogP contribution in [-0.4, -0.2) is 27.8 Å². The smallest absolute Gasteiger partial charge is 0.351 e. The van der Waals surface area contributed by atoms with E-state index in [1.54, 1.807) is 6.26 Å². The third kappa shape index (κ3) is 3.07. The number of nitrogens with zero attached hydrogens (tertiary/aromatic N) is 2. The van der Waals surface area contributed by atoms with Crippen LogP contribution in [0.5, 0.6) is 0 Å². The molecule has 0 aliphatic heterocycles. The van der Waals surface area contributed by atoms with Gasteiger partial charge in [0, 0.05) is 18.1 Å². The lowest BCUT2D eigenvalue weighted by molar-refractivity contribution is -0.139. The predicted molar refractivity (Wildman–Crippen MR) is 86.3 cm³/mol. The summed E-state index contributed by atoms with van der Waals surface area (Å²) in [6, 6.07) is 2.14. The van der Waals surface area contributed by atoms with E-state index in [4.69, 9.17) is 0 Å². The van der Waals surface area contributed by atoms with E-state index in [0.717, 1.165) is 17.8 Å². The number of anilines is 1. The molecule has 0 fully saturated rings. The summed E-state index contributed by atoms with van der Waals surface area (Å²) in [5, 5.41) is 2.54. The normalized spacial score (nSPS) is 14.5. The highest BCUT2D eigenvalue weighted by Gasteiger charge is 2.36. The van der Waals surface area contributed by atoms with Gasteiger partial charge >= 0.3 is 6.18 Å². The predicted octanol–water partition coefficient (Wildman–Crippen LogP) is 3.70. The zero-order chi connectivity index (χ0) is 19.1. The van der Waals surface area contributed by atoms with Gasteiger partial charge in [0.15, 0.2) is 0 Å². The molecule has 0 saturated heterocycles. The number of benzene rings is 1. The lowest BCUT2D eigenvalue weighted by Gasteiger charge is -2.19. The largest absolute Gasteiger partial charge is 0.419 e. The molecule has 1 aromatic heterocycles. The molecule has 0 unspecified atom stereocenters. The lowest BCUT2D eigenvalue weighted by Crippen LogP contribution is -2.27. The molecule has 2 aromatic rings. The number of hydrogen-bond acceptors (Lipinski definition) is 6. The van der Waals surface area contributed by atoms with Crippen molar-refractivity contribution in [2.24, 2.45) is 0 Å². The molecular formula is C16H9F4N3O2S. The fraction of sp³-hybridized carbons (Fsp3) is 0.125. The minimum Gasteiger partial charge on any atom is -0.351 e. The Kier molecular flexibility index (Phi) is 4.53. The van der Waals surface area contributed by atoms with Crippen molar-refractivity contribution in [1.29, 1.82) is 0 Å². The standard InChI is InChI=1S/C16H9F4N3O2S/c1-26-15-12(13(24)10-11(14(15)25)22-5-4-21-10)23-7-2-3-8(9(17)6-7)16(18,19)20/h2-6,23H,1H3. The Balaban J connectivity index is 2.02. The molecular weight excluding hydrogens is 374 g/mol. The van der Waals surface area contributed by atoms with Gasteiger partial charge in [0.05, 0.1) is 10.5 Å². The zero-order valence-corrected chi connectivity index (χ0v) is 13.8. The molecule has 0 bridgehead atoms. The van der Waals surface area contributed by atoms with E-state index < -0.39 is 29.1 Å². The van der Waals surface area contributed by atoms with Gasteiger partial charge in [0.1, 0.15) is 22.9 Å². The summed E-state index contributed by atoms with van der Waals surface area (Å²) < 4.78 is 51.7. The van der Waals surface area contributed by atoms with Gasteiger partial charge in [0.2, 0.25) is 11.6 Å². The number of carbonyl (C=O) groups is 2. The maximum Gasteiger partial charge on any atom is 0.419 e. The first-order valence-electron chi connectivity index (χ1n) is 7.06. The molecule has 1 aliphatic rings. The first-order valence-corrected chi connectivity index (χ1v) is 8.29. The maximum atomic E-state index is 13.7. The van der Waals surface area contributed by atoms with Crippen LogP contribution in [0.3, 0.4) is 0 Å². The molecule has 1 aliphatic carbocycles. The first kappa shape index (κ1) is 18.1. The molecule has 1 N–H and O–H groups in total. The number of halogens is 4. The summed E-state index contributed by atoms with van der Waals surface area (Å²) in [6.07, 6.45) is -0.774. The van der Waals surface area contributed by atoms with E-state index >= 15 is 0 Å². The van der Waals surface area contributed by atoms with Crippen molar-refractivity contribution in [3.8, 4) is 0 Å². The molecule has 0 saturated carbocycles. The lowest BCUT2D eigenvalue weighted by atomic mass is 10.0. The summed E-state index contributed by atoms with van der Waals surface area (Å²) in [5.74, 6) is -2.70. The topological polar surface area (TPSA) is 72.0 Å². The van der Waals surface area contributed by atoms with Crippen LogP contribution in [0.4, 0.5) is 23.2 Å². The fourth-order valence-corrected chi connectivity index (χ4v) is 3.02. The SMILES string of the molecule is CSC1=C(Nc2ccc(C(F)(F)F)c(F)c2)C(=O)c2nccnc2C1=O. The van der Waals surface area contributed by atoms with Crippen LogP contribution in [0.1, 0.15) is 26.5 Å². The molecule has 0 atom stereocenters. The van der Waals surface area contributed by atoms with Gasteiger partial charge in [0.25, 0.3) is 0 Å². The third-order valence-corrected chi connectivity index (χ3v) is 4.33. The number of carbonyl (C=O) groups excluding carboxylic acids is 2. The van der Waals surface area contributed by atoms with Crippen LogP contribution in [-0.2, 0) is 6.18 Å². The first-order chi connectivity index (χ1) is 12.2. The molecule has 0 spiro atoms. The Labute approximate surface area is 148 Å². The second-order valence-corrected chi connectivity index (χ2v) is 5.95. The van der Waals surface area contributed by atoms with Crippen LogP contribution >= 0.6 is 11.8 Å². The number of allylic oxidation sites excluding steroid dienone is 2. The monoisotopic (exact) mass is 383 g/mol. The number of aromatic nitrogens is 2. The van der Waals surface area contributed by atoms with E-state index in [0.29, 0.717) is 12.1 Å². The van der Waals surface area contributed by atoms with E-state index in [2.05, 4.69) is 15.3 Å². The van der Waals surface area contributed by atoms with Gasteiger partial charge in [-0.05, 0) is 24.5 Å². The fourth-order valence-electron chi connectivity index (χ4n) is 2.39. The Bertz CT molecular complexity index is 957. The molecule has 26 heavy (non-hydrogen) atoms. The van der Waals surface area contributed by atoms with Crippen LogP contribution in [0.2, 0.25) is 0 Å². The third-order valence-electron chi connectivity index (χ3n) is 3.54. The molecule has 134 valence electrons. The minimum absolute atomic E-state index is 0.0170. The van der Waals surface area contributed by atoms with Gasteiger partial charge in [-0.3, -0.25) is 9.59 Å². The summed E-state index contributed by atoms with van der Waals surface area (Å²) >= 11 is 0.965. The Morgan fingerprint density at radius 2 is 1.65 bits per heavy atom. The quantitative estimate of drug-likeness (QED) is 0.815. The van der Waals surface area contributed by atoms with Crippen molar-refractivity contribution < 1.29 is 27.2 Å². The molecule has 0 amide bonds. The number of Topliss-reactive ketones (excluding diaryl/α,β-unsaturated/α-hetero) is 2. The summed E-state index contributed by atoms with van der Waals surface area (Å²) in [4.78, 5) is 32.7. The summed E-state index contributed by atoms with van der Waals surface area (Å²) in [6.45, 7) is 0. The van der Waals surface area contributed by atoms with E-state index in [-0.39, 0.29) is 27.7 Å². The summed E-state index contributed by atoms with van der Waals surface area (Å²) in [7, 11) is 0. The van der Waals surface area contributed by atoms with Crippen molar-refractivity contribution in [2.45, 2.75) is 6.18 Å². The van der Waals surface area contributed by atoms with Gasteiger partial charge < -0.3 is 5.32 Å². The van der Waals surface area contributed by atoms with E-state index in [1.165, 1.54) is 12.4 Å². The van der Waals surface area contributed by atoms with Crippen LogP contribution in [0.25, 0.3) is 0 Å². The van der Waals surface area contributed by atoms with Crippen molar-refractivity contribution in [2.75, 3.05) is 11.6 Å².